The molecule has 0 fully saturated rings. The van der Waals surface area contributed by atoms with Crippen molar-refractivity contribution in [2.45, 2.75) is 33.4 Å². The van der Waals surface area contributed by atoms with Crippen LogP contribution in [0, 0.1) is 0 Å². The fourth-order valence-electron chi connectivity index (χ4n) is 4.74. The van der Waals surface area contributed by atoms with Crippen molar-refractivity contribution >= 4 is 62.5 Å². The van der Waals surface area contributed by atoms with Gasteiger partial charge in [-0.1, -0.05) is 58.8 Å². The second-order valence-electron chi connectivity index (χ2n) is 9.53. The molecule has 1 aliphatic rings. The van der Waals surface area contributed by atoms with E-state index in [9.17, 15) is 9.59 Å². The van der Waals surface area contributed by atoms with Gasteiger partial charge < -0.3 is 14.2 Å². The Hall–Kier alpha value is -3.37. The van der Waals surface area contributed by atoms with E-state index in [-0.39, 0.29) is 18.8 Å². The number of halogens is 3. The number of carbonyl (C=O) groups excluding carboxylic acids is 1. The Balaban J connectivity index is 1.63. The van der Waals surface area contributed by atoms with Crippen LogP contribution in [0.5, 0.6) is 11.5 Å². The van der Waals surface area contributed by atoms with E-state index < -0.39 is 12.0 Å². The van der Waals surface area contributed by atoms with Gasteiger partial charge in [-0.25, -0.2) is 9.79 Å². The van der Waals surface area contributed by atoms with E-state index in [4.69, 9.17) is 37.4 Å². The molecular weight excluding hydrogens is 675 g/mol. The van der Waals surface area contributed by atoms with Gasteiger partial charge in [0, 0.05) is 15.6 Å². The average molecular weight is 702 g/mol. The van der Waals surface area contributed by atoms with Gasteiger partial charge in [0.15, 0.2) is 4.80 Å². The highest BCUT2D eigenvalue weighted by Gasteiger charge is 2.33. The first-order valence-corrected chi connectivity index (χ1v) is 15.8. The van der Waals surface area contributed by atoms with Crippen molar-refractivity contribution in [1.82, 2.24) is 4.57 Å². The third-order valence-corrected chi connectivity index (χ3v) is 8.69. The molecule has 0 radical (unpaired) electrons. The number of hydrogen-bond acceptors (Lipinski definition) is 7. The molecule has 43 heavy (non-hydrogen) atoms. The van der Waals surface area contributed by atoms with Crippen LogP contribution in [0.1, 0.15) is 43.5 Å². The fraction of sp³-hybridized carbons (Fsp3) is 0.219. The number of allylic oxidation sites excluding steroid dienone is 1. The maximum absolute atomic E-state index is 14.1. The van der Waals surface area contributed by atoms with E-state index in [1.54, 1.807) is 48.8 Å². The lowest BCUT2D eigenvalue weighted by atomic mass is 9.96. The van der Waals surface area contributed by atoms with Gasteiger partial charge in [0.25, 0.3) is 5.56 Å². The molecule has 1 aromatic heterocycles. The summed E-state index contributed by atoms with van der Waals surface area (Å²) in [5.41, 5.74) is 2.75. The Bertz CT molecular complexity index is 1880. The molecule has 1 aliphatic heterocycles. The Kier molecular flexibility index (Phi) is 9.76. The van der Waals surface area contributed by atoms with E-state index in [1.165, 1.54) is 11.3 Å². The van der Waals surface area contributed by atoms with Crippen LogP contribution in [0.2, 0.25) is 10.0 Å². The van der Waals surface area contributed by atoms with Crippen molar-refractivity contribution in [2.75, 3.05) is 13.2 Å². The quantitative estimate of drug-likeness (QED) is 0.179. The number of hydrogen-bond donors (Lipinski definition) is 0. The first-order valence-electron chi connectivity index (χ1n) is 13.5. The molecule has 11 heteroatoms. The van der Waals surface area contributed by atoms with Crippen LogP contribution in [0.25, 0.3) is 6.08 Å². The fourth-order valence-corrected chi connectivity index (χ4v) is 6.85. The normalized spacial score (nSPS) is 14.7. The second-order valence-corrected chi connectivity index (χ2v) is 12.3. The molecule has 0 unspecified atom stereocenters. The monoisotopic (exact) mass is 700 g/mol. The number of nitrogens with zero attached hydrogens (tertiary/aromatic N) is 2. The molecule has 4 aromatic rings. The zero-order chi connectivity index (χ0) is 30.7. The Labute approximate surface area is 270 Å². The van der Waals surface area contributed by atoms with Gasteiger partial charge in [0.1, 0.15) is 18.1 Å². The molecular formula is C32H27BrCl2N2O5S. The van der Waals surface area contributed by atoms with E-state index >= 15 is 0 Å². The summed E-state index contributed by atoms with van der Waals surface area (Å²) in [7, 11) is 0. The molecule has 0 amide bonds. The first-order chi connectivity index (χ1) is 20.7. The minimum absolute atomic E-state index is 0.193. The Morgan fingerprint density at radius 3 is 2.42 bits per heavy atom. The van der Waals surface area contributed by atoms with Crippen LogP contribution in [0.4, 0.5) is 0 Å². The Morgan fingerprint density at radius 1 is 1.02 bits per heavy atom. The van der Waals surface area contributed by atoms with Gasteiger partial charge in [0.2, 0.25) is 0 Å². The number of rotatable bonds is 9. The zero-order valence-corrected chi connectivity index (χ0v) is 27.4. The van der Waals surface area contributed by atoms with Crippen LogP contribution in [0.3, 0.4) is 0 Å². The molecule has 5 rings (SSSR count). The van der Waals surface area contributed by atoms with E-state index in [0.717, 1.165) is 11.1 Å². The van der Waals surface area contributed by atoms with Crippen molar-refractivity contribution in [2.24, 2.45) is 4.99 Å². The minimum Gasteiger partial charge on any atom is -0.494 e. The lowest BCUT2D eigenvalue weighted by Gasteiger charge is -2.24. The van der Waals surface area contributed by atoms with Gasteiger partial charge in [-0.05, 0) is 90.3 Å². The zero-order valence-electron chi connectivity index (χ0n) is 23.5. The number of ether oxygens (including phenoxy) is 3. The minimum atomic E-state index is -0.736. The largest absolute Gasteiger partial charge is 0.494 e. The van der Waals surface area contributed by atoms with Crippen molar-refractivity contribution in [3.63, 3.8) is 0 Å². The maximum atomic E-state index is 14.1. The SMILES string of the molecule is CCOC(=O)C1=C(C)N=c2s/c(=C\c3cc(Cl)cc(Br)c3OCc3ccc(Cl)cc3)c(=O)n2[C@H]1c1ccc(OCC)cc1. The van der Waals surface area contributed by atoms with E-state index in [2.05, 4.69) is 20.9 Å². The van der Waals surface area contributed by atoms with E-state index in [1.807, 2.05) is 43.3 Å². The molecule has 222 valence electrons. The predicted molar refractivity (Wildman–Crippen MR) is 173 cm³/mol. The summed E-state index contributed by atoms with van der Waals surface area (Å²) < 4.78 is 19.8. The molecule has 0 saturated heterocycles. The highest BCUT2D eigenvalue weighted by molar-refractivity contribution is 9.10. The smallest absolute Gasteiger partial charge is 0.338 e. The van der Waals surface area contributed by atoms with E-state index in [0.29, 0.717) is 58.8 Å². The molecule has 2 heterocycles. The maximum Gasteiger partial charge on any atom is 0.338 e. The summed E-state index contributed by atoms with van der Waals surface area (Å²) in [5.74, 6) is 0.694. The highest BCUT2D eigenvalue weighted by Crippen LogP contribution is 2.35. The molecule has 0 N–H and O–H groups in total. The summed E-state index contributed by atoms with van der Waals surface area (Å²) in [4.78, 5) is 32.4. The standard InChI is InChI=1S/C32H27BrCl2N2O5S/c1-4-40-24-12-8-20(9-13-24)28-27(31(39)41-5-2)18(3)36-32-37(28)30(38)26(43-32)15-21-14-23(35)16-25(33)29(21)42-17-19-6-10-22(34)11-7-19/h6-16,28H,4-5,17H2,1-3H3/b26-15-/t28-/m0/s1. The number of aromatic nitrogens is 1. The molecule has 1 atom stereocenters. The lowest BCUT2D eigenvalue weighted by molar-refractivity contribution is -0.139. The lowest BCUT2D eigenvalue weighted by Crippen LogP contribution is -2.39. The van der Waals surface area contributed by atoms with Crippen LogP contribution < -0.4 is 24.4 Å². The van der Waals surface area contributed by atoms with Gasteiger partial charge in [0.05, 0.1) is 39.5 Å². The average Bonchev–Trinajstić information content (AvgIpc) is 3.27. The molecule has 7 nitrogen and oxygen atoms in total. The van der Waals surface area contributed by atoms with Gasteiger partial charge in [-0.2, -0.15) is 0 Å². The van der Waals surface area contributed by atoms with Crippen LogP contribution in [-0.4, -0.2) is 23.8 Å². The summed E-state index contributed by atoms with van der Waals surface area (Å²) >= 11 is 17.2. The Morgan fingerprint density at radius 2 is 1.74 bits per heavy atom. The third kappa shape index (κ3) is 6.75. The number of esters is 1. The molecule has 0 aliphatic carbocycles. The van der Waals surface area contributed by atoms with Crippen LogP contribution in [0.15, 0.2) is 86.2 Å². The molecule has 0 spiro atoms. The van der Waals surface area contributed by atoms with Gasteiger partial charge in [-0.3, -0.25) is 9.36 Å². The van der Waals surface area contributed by atoms with Crippen molar-refractivity contribution in [3.05, 3.63) is 123 Å². The van der Waals surface area contributed by atoms with Crippen molar-refractivity contribution in [3.8, 4) is 11.5 Å². The highest BCUT2D eigenvalue weighted by atomic mass is 79.9. The van der Waals surface area contributed by atoms with Crippen molar-refractivity contribution in [1.29, 1.82) is 0 Å². The van der Waals surface area contributed by atoms with Crippen LogP contribution in [-0.2, 0) is 16.1 Å². The number of carbonyl (C=O) groups is 1. The summed E-state index contributed by atoms with van der Waals surface area (Å²) in [6.45, 7) is 6.39. The molecule has 3 aromatic carbocycles. The molecule has 0 saturated carbocycles. The summed E-state index contributed by atoms with van der Waals surface area (Å²) in [6.07, 6.45) is 1.73. The van der Waals surface area contributed by atoms with Crippen LogP contribution >= 0.6 is 50.5 Å². The van der Waals surface area contributed by atoms with Crippen molar-refractivity contribution < 1.29 is 19.0 Å². The predicted octanol–water partition coefficient (Wildman–Crippen LogP) is 6.85. The first kappa shape index (κ1) is 31.1. The topological polar surface area (TPSA) is 79.1 Å². The molecule has 0 bridgehead atoms. The summed E-state index contributed by atoms with van der Waals surface area (Å²) in [6, 6.07) is 17.4. The van der Waals surface area contributed by atoms with Gasteiger partial charge >= 0.3 is 5.97 Å². The second kappa shape index (κ2) is 13.5. The number of benzene rings is 3. The third-order valence-electron chi connectivity index (χ3n) is 6.64. The summed E-state index contributed by atoms with van der Waals surface area (Å²) in [5, 5.41) is 1.11. The number of thiazole rings is 1. The number of fused-ring (bicyclic) bond motifs is 1. The van der Waals surface area contributed by atoms with Gasteiger partial charge in [-0.15, -0.1) is 0 Å².